The number of fused-ring (bicyclic) bond motifs is 1. The number of alkyl halides is 3. The number of anilines is 1. The minimum absolute atomic E-state index is 0.00103. The molecule has 0 spiro atoms. The molecule has 0 saturated carbocycles. The van der Waals surface area contributed by atoms with Crippen molar-refractivity contribution < 1.29 is 13.2 Å². The fourth-order valence-corrected chi connectivity index (χ4v) is 5.43. The summed E-state index contributed by atoms with van der Waals surface area (Å²) in [6.45, 7) is 5.78. The maximum absolute atomic E-state index is 13.2. The SMILES string of the molecule is CCC1CN(C(CCN)c2ccc(C(F)(F)F)cc2)[C@H](CC)CN1c1nc(=O)n(C)c2ccc(Cl)nc12. The Morgan fingerprint density at radius 3 is 2.32 bits per heavy atom. The molecule has 3 aromatic rings. The highest BCUT2D eigenvalue weighted by atomic mass is 35.5. The first-order chi connectivity index (χ1) is 17.6. The van der Waals surface area contributed by atoms with Gasteiger partial charge in [-0.25, -0.2) is 9.78 Å². The van der Waals surface area contributed by atoms with Gasteiger partial charge in [0.05, 0.1) is 11.1 Å². The van der Waals surface area contributed by atoms with Crippen molar-refractivity contribution in [1.82, 2.24) is 19.4 Å². The molecule has 2 aromatic heterocycles. The third kappa shape index (κ3) is 5.46. The van der Waals surface area contributed by atoms with Crippen LogP contribution in [-0.2, 0) is 13.2 Å². The summed E-state index contributed by atoms with van der Waals surface area (Å²) in [4.78, 5) is 26.1. The van der Waals surface area contributed by atoms with E-state index in [4.69, 9.17) is 17.3 Å². The van der Waals surface area contributed by atoms with Gasteiger partial charge in [0.25, 0.3) is 0 Å². The Kier molecular flexibility index (Phi) is 8.11. The molecule has 1 aliphatic heterocycles. The topological polar surface area (TPSA) is 80.3 Å². The zero-order valence-corrected chi connectivity index (χ0v) is 21.9. The first-order valence-corrected chi connectivity index (χ1v) is 12.9. The number of halogens is 4. The van der Waals surface area contributed by atoms with E-state index in [1.807, 2.05) is 0 Å². The summed E-state index contributed by atoms with van der Waals surface area (Å²) >= 11 is 6.22. The molecule has 2 unspecified atom stereocenters. The lowest BCUT2D eigenvalue weighted by Crippen LogP contribution is -2.59. The van der Waals surface area contributed by atoms with Crippen LogP contribution in [0.1, 0.15) is 50.3 Å². The lowest BCUT2D eigenvalue weighted by molar-refractivity contribution is -0.137. The van der Waals surface area contributed by atoms with Crippen molar-refractivity contribution in [3.8, 4) is 0 Å². The monoisotopic (exact) mass is 536 g/mol. The molecule has 2 N–H and O–H groups in total. The zero-order chi connectivity index (χ0) is 26.9. The van der Waals surface area contributed by atoms with Crippen molar-refractivity contribution in [1.29, 1.82) is 0 Å². The van der Waals surface area contributed by atoms with E-state index >= 15 is 0 Å². The quantitative estimate of drug-likeness (QED) is 0.438. The molecule has 3 atom stereocenters. The molecule has 7 nitrogen and oxygen atoms in total. The van der Waals surface area contributed by atoms with Crippen molar-refractivity contribution in [2.45, 2.75) is 57.4 Å². The van der Waals surface area contributed by atoms with E-state index in [-0.39, 0.29) is 23.8 Å². The van der Waals surface area contributed by atoms with Crippen LogP contribution in [0.3, 0.4) is 0 Å². The van der Waals surface area contributed by atoms with Crippen LogP contribution in [0.4, 0.5) is 19.0 Å². The second kappa shape index (κ2) is 11.0. The van der Waals surface area contributed by atoms with Crippen LogP contribution >= 0.6 is 11.6 Å². The van der Waals surface area contributed by atoms with Crippen LogP contribution in [0, 0.1) is 0 Å². The summed E-state index contributed by atoms with van der Waals surface area (Å²) in [7, 11) is 1.66. The number of nitrogens with two attached hydrogens (primary N) is 1. The van der Waals surface area contributed by atoms with Crippen LogP contribution in [0.25, 0.3) is 11.0 Å². The Bertz CT molecular complexity index is 1300. The molecule has 1 aromatic carbocycles. The average Bonchev–Trinajstić information content (AvgIpc) is 2.88. The Morgan fingerprint density at radius 2 is 1.73 bits per heavy atom. The Labute approximate surface area is 219 Å². The van der Waals surface area contributed by atoms with Crippen molar-refractivity contribution in [2.75, 3.05) is 24.5 Å². The second-order valence-electron chi connectivity index (χ2n) is 9.46. The predicted octanol–water partition coefficient (Wildman–Crippen LogP) is 4.77. The van der Waals surface area contributed by atoms with E-state index in [1.54, 1.807) is 31.3 Å². The number of hydrogen-bond donors (Lipinski definition) is 1. The Hall–Kier alpha value is -2.69. The first kappa shape index (κ1) is 27.3. The van der Waals surface area contributed by atoms with Gasteiger partial charge in [0.2, 0.25) is 0 Å². The standard InChI is InChI=1S/C26H32ClF3N6O/c1-4-18-15-36(24-23-21(10-11-22(27)32-23)34(3)25(37)33-24)19(5-2)14-35(18)20(12-13-31)16-6-8-17(9-7-16)26(28,29)30/h6-11,18-20H,4-5,12-15,31H2,1-3H3/t18-,19?,20?/m1/s1. The van der Waals surface area contributed by atoms with E-state index < -0.39 is 11.7 Å². The lowest BCUT2D eigenvalue weighted by Gasteiger charge is -2.49. The van der Waals surface area contributed by atoms with E-state index in [0.29, 0.717) is 48.1 Å². The summed E-state index contributed by atoms with van der Waals surface area (Å²) in [5.41, 5.74) is 6.96. The van der Waals surface area contributed by atoms with Crippen LogP contribution in [0.15, 0.2) is 41.2 Å². The van der Waals surface area contributed by atoms with Gasteiger partial charge in [-0.3, -0.25) is 9.47 Å². The summed E-state index contributed by atoms with van der Waals surface area (Å²) < 4.78 is 40.9. The highest BCUT2D eigenvalue weighted by Gasteiger charge is 2.38. The highest BCUT2D eigenvalue weighted by Crippen LogP contribution is 2.36. The van der Waals surface area contributed by atoms with Gasteiger partial charge >= 0.3 is 11.9 Å². The van der Waals surface area contributed by atoms with Gasteiger partial charge in [0.15, 0.2) is 5.82 Å². The number of aromatic nitrogens is 3. The van der Waals surface area contributed by atoms with Crippen molar-refractivity contribution in [2.24, 2.45) is 12.8 Å². The molecule has 0 amide bonds. The minimum Gasteiger partial charge on any atom is -0.349 e. The molecule has 0 aliphatic carbocycles. The molecular formula is C26H32ClF3N6O. The number of nitrogens with zero attached hydrogens (tertiary/aromatic N) is 5. The number of hydrogen-bond acceptors (Lipinski definition) is 6. The molecular weight excluding hydrogens is 505 g/mol. The van der Waals surface area contributed by atoms with Crippen LogP contribution in [0.5, 0.6) is 0 Å². The van der Waals surface area contributed by atoms with Gasteiger partial charge in [-0.05, 0) is 55.6 Å². The van der Waals surface area contributed by atoms with E-state index in [9.17, 15) is 18.0 Å². The molecule has 1 fully saturated rings. The molecule has 37 heavy (non-hydrogen) atoms. The summed E-state index contributed by atoms with van der Waals surface area (Å²) in [5.74, 6) is 0.510. The smallest absolute Gasteiger partial charge is 0.349 e. The Balaban J connectivity index is 1.73. The first-order valence-electron chi connectivity index (χ1n) is 12.5. The summed E-state index contributed by atoms with van der Waals surface area (Å²) in [6.07, 6.45) is -2.20. The number of pyridine rings is 1. The molecule has 11 heteroatoms. The number of rotatable bonds is 7. The van der Waals surface area contributed by atoms with Crippen LogP contribution < -0.4 is 16.3 Å². The maximum atomic E-state index is 13.2. The van der Waals surface area contributed by atoms with E-state index in [0.717, 1.165) is 30.5 Å². The summed E-state index contributed by atoms with van der Waals surface area (Å²) in [5, 5.41) is 0.318. The maximum Gasteiger partial charge on any atom is 0.416 e. The number of piperazine rings is 1. The van der Waals surface area contributed by atoms with E-state index in [1.165, 1.54) is 4.57 Å². The molecule has 0 radical (unpaired) electrons. The van der Waals surface area contributed by atoms with Crippen LogP contribution in [-0.4, -0.2) is 51.2 Å². The fourth-order valence-electron chi connectivity index (χ4n) is 5.29. The highest BCUT2D eigenvalue weighted by molar-refractivity contribution is 6.29. The predicted molar refractivity (Wildman–Crippen MR) is 140 cm³/mol. The Morgan fingerprint density at radius 1 is 1.05 bits per heavy atom. The molecule has 1 aliphatic rings. The van der Waals surface area contributed by atoms with E-state index in [2.05, 4.69) is 33.6 Å². The minimum atomic E-state index is -4.38. The average molecular weight is 537 g/mol. The van der Waals surface area contributed by atoms with Gasteiger partial charge in [-0.15, -0.1) is 0 Å². The van der Waals surface area contributed by atoms with Gasteiger partial charge in [0, 0.05) is 38.3 Å². The largest absolute Gasteiger partial charge is 0.416 e. The van der Waals surface area contributed by atoms with Crippen molar-refractivity contribution >= 4 is 28.5 Å². The second-order valence-corrected chi connectivity index (χ2v) is 9.85. The van der Waals surface area contributed by atoms with Gasteiger partial charge in [0.1, 0.15) is 10.7 Å². The van der Waals surface area contributed by atoms with Gasteiger partial charge in [-0.2, -0.15) is 18.2 Å². The molecule has 0 bridgehead atoms. The van der Waals surface area contributed by atoms with Crippen LogP contribution in [0.2, 0.25) is 5.15 Å². The molecule has 3 heterocycles. The number of aryl methyl sites for hydroxylation is 1. The lowest BCUT2D eigenvalue weighted by atomic mass is 9.94. The normalized spacial score (nSPS) is 19.9. The van der Waals surface area contributed by atoms with Gasteiger partial charge < -0.3 is 10.6 Å². The fraction of sp³-hybridized carbons (Fsp3) is 0.500. The van der Waals surface area contributed by atoms with Crippen molar-refractivity contribution in [3.05, 3.63) is 63.2 Å². The summed E-state index contributed by atoms with van der Waals surface area (Å²) in [6, 6.07) is 8.75. The third-order valence-electron chi connectivity index (χ3n) is 7.32. The third-order valence-corrected chi connectivity index (χ3v) is 7.53. The van der Waals surface area contributed by atoms with Crippen molar-refractivity contribution in [3.63, 3.8) is 0 Å². The molecule has 4 rings (SSSR count). The van der Waals surface area contributed by atoms with Gasteiger partial charge in [-0.1, -0.05) is 37.6 Å². The molecule has 1 saturated heterocycles. The number of benzene rings is 1. The zero-order valence-electron chi connectivity index (χ0n) is 21.2. The molecule has 200 valence electrons.